The zero-order valence-corrected chi connectivity index (χ0v) is 14.7. The summed E-state index contributed by atoms with van der Waals surface area (Å²) in [6.45, 7) is 2.08. The molecule has 0 radical (unpaired) electrons. The molecule has 1 heterocycles. The molecule has 9 heteroatoms. The summed E-state index contributed by atoms with van der Waals surface area (Å²) < 4.78 is 1.58. The zero-order valence-electron chi connectivity index (χ0n) is 13.2. The highest BCUT2D eigenvalue weighted by molar-refractivity contribution is 6.35. The second-order valence-corrected chi connectivity index (χ2v) is 6.08. The predicted octanol–water partition coefficient (Wildman–Crippen LogP) is 3.60. The summed E-state index contributed by atoms with van der Waals surface area (Å²) in [4.78, 5) is 12.1. The highest BCUT2D eigenvalue weighted by Crippen LogP contribution is 2.21. The van der Waals surface area contributed by atoms with Crippen LogP contribution in [0.5, 0.6) is 0 Å². The first-order chi connectivity index (χ1) is 12.0. The number of rotatable bonds is 4. The number of tetrazole rings is 1. The molecule has 2 N–H and O–H groups in total. The van der Waals surface area contributed by atoms with E-state index in [0.717, 1.165) is 11.3 Å². The summed E-state index contributed by atoms with van der Waals surface area (Å²) in [5.74, 6) is 0.652. The van der Waals surface area contributed by atoms with E-state index in [2.05, 4.69) is 26.2 Å². The zero-order chi connectivity index (χ0) is 17.8. The van der Waals surface area contributed by atoms with Crippen molar-refractivity contribution in [3.8, 4) is 5.69 Å². The van der Waals surface area contributed by atoms with Crippen LogP contribution in [-0.4, -0.2) is 26.2 Å². The van der Waals surface area contributed by atoms with Crippen LogP contribution in [0, 0.1) is 6.92 Å². The summed E-state index contributed by atoms with van der Waals surface area (Å²) in [6.07, 6.45) is 0. The third-order valence-corrected chi connectivity index (χ3v) is 4.02. The van der Waals surface area contributed by atoms with E-state index in [-0.39, 0.29) is 12.6 Å². The van der Waals surface area contributed by atoms with Crippen molar-refractivity contribution in [2.75, 3.05) is 5.32 Å². The standard InChI is InChI=1S/C16H14Cl2N6O/c1-10-21-22-23-24(10)14-4-2-3-13(8-14)20-16(25)19-9-11-5-6-12(17)7-15(11)18/h2-8H,9H2,1H3,(H2,19,20,25). The number of urea groups is 1. The quantitative estimate of drug-likeness (QED) is 0.728. The fourth-order valence-corrected chi connectivity index (χ4v) is 2.68. The molecule has 3 rings (SSSR count). The van der Waals surface area contributed by atoms with Crippen molar-refractivity contribution in [1.29, 1.82) is 0 Å². The molecule has 0 spiro atoms. The third-order valence-electron chi connectivity index (χ3n) is 3.43. The van der Waals surface area contributed by atoms with Crippen molar-refractivity contribution in [1.82, 2.24) is 25.5 Å². The Balaban J connectivity index is 1.64. The monoisotopic (exact) mass is 376 g/mol. The lowest BCUT2D eigenvalue weighted by Crippen LogP contribution is -2.28. The summed E-state index contributed by atoms with van der Waals surface area (Å²) in [5, 5.41) is 17.9. The number of amides is 2. The van der Waals surface area contributed by atoms with Crippen molar-refractivity contribution in [2.45, 2.75) is 13.5 Å². The van der Waals surface area contributed by atoms with Crippen LogP contribution in [0.1, 0.15) is 11.4 Å². The normalized spacial score (nSPS) is 10.5. The number of nitrogens with one attached hydrogen (secondary N) is 2. The minimum atomic E-state index is -0.350. The first-order valence-corrected chi connectivity index (χ1v) is 8.13. The van der Waals surface area contributed by atoms with E-state index in [1.807, 2.05) is 12.1 Å². The Bertz CT molecular complexity index is 911. The molecule has 0 aliphatic rings. The number of halogens is 2. The SMILES string of the molecule is Cc1nnnn1-c1cccc(NC(=O)NCc2ccc(Cl)cc2Cl)c1. The van der Waals surface area contributed by atoms with Gasteiger partial charge in [-0.2, -0.15) is 4.68 Å². The van der Waals surface area contributed by atoms with Crippen LogP contribution in [0.2, 0.25) is 10.0 Å². The van der Waals surface area contributed by atoms with Gasteiger partial charge in [-0.05, 0) is 53.2 Å². The minimum absolute atomic E-state index is 0.285. The van der Waals surface area contributed by atoms with Gasteiger partial charge in [0.15, 0.2) is 5.82 Å². The summed E-state index contributed by atoms with van der Waals surface area (Å²) in [7, 11) is 0. The van der Waals surface area contributed by atoms with Crippen LogP contribution >= 0.6 is 23.2 Å². The van der Waals surface area contributed by atoms with Gasteiger partial charge in [-0.25, -0.2) is 4.79 Å². The lowest BCUT2D eigenvalue weighted by atomic mass is 10.2. The second-order valence-electron chi connectivity index (χ2n) is 5.23. The van der Waals surface area contributed by atoms with Gasteiger partial charge in [-0.3, -0.25) is 0 Å². The molecule has 0 saturated heterocycles. The molecule has 7 nitrogen and oxygen atoms in total. The highest BCUT2D eigenvalue weighted by Gasteiger charge is 2.07. The van der Waals surface area contributed by atoms with E-state index in [4.69, 9.17) is 23.2 Å². The molecule has 128 valence electrons. The Morgan fingerprint density at radius 3 is 2.76 bits per heavy atom. The summed E-state index contributed by atoms with van der Waals surface area (Å²) in [5.41, 5.74) is 2.15. The topological polar surface area (TPSA) is 84.7 Å². The van der Waals surface area contributed by atoms with E-state index >= 15 is 0 Å². The lowest BCUT2D eigenvalue weighted by Gasteiger charge is -2.10. The van der Waals surface area contributed by atoms with Gasteiger partial charge in [0, 0.05) is 22.3 Å². The highest BCUT2D eigenvalue weighted by atomic mass is 35.5. The maximum absolute atomic E-state index is 12.1. The van der Waals surface area contributed by atoms with Gasteiger partial charge in [-0.15, -0.1) is 5.10 Å². The molecule has 2 aromatic carbocycles. The Morgan fingerprint density at radius 1 is 1.20 bits per heavy atom. The average Bonchev–Trinajstić information content (AvgIpc) is 3.00. The number of hydrogen-bond acceptors (Lipinski definition) is 4. The van der Waals surface area contributed by atoms with Gasteiger partial charge < -0.3 is 10.6 Å². The van der Waals surface area contributed by atoms with Crippen molar-refractivity contribution in [2.24, 2.45) is 0 Å². The molecule has 0 fully saturated rings. The maximum Gasteiger partial charge on any atom is 0.319 e. The molecule has 0 unspecified atom stereocenters. The first-order valence-electron chi connectivity index (χ1n) is 7.37. The van der Waals surface area contributed by atoms with Crippen molar-refractivity contribution in [3.63, 3.8) is 0 Å². The van der Waals surface area contributed by atoms with Crippen molar-refractivity contribution < 1.29 is 4.79 Å². The third kappa shape index (κ3) is 4.26. The molecule has 0 bridgehead atoms. The number of nitrogens with zero attached hydrogens (tertiary/aromatic N) is 4. The van der Waals surface area contributed by atoms with E-state index in [1.165, 1.54) is 0 Å². The van der Waals surface area contributed by atoms with E-state index in [1.54, 1.807) is 41.9 Å². The predicted molar refractivity (Wildman–Crippen MR) is 96.2 cm³/mol. The van der Waals surface area contributed by atoms with Gasteiger partial charge in [-0.1, -0.05) is 35.3 Å². The van der Waals surface area contributed by atoms with Gasteiger partial charge in [0.1, 0.15) is 0 Å². The number of aryl methyl sites for hydroxylation is 1. The molecule has 25 heavy (non-hydrogen) atoms. The molecule has 2 amide bonds. The summed E-state index contributed by atoms with van der Waals surface area (Å²) in [6, 6.07) is 12.0. The molecule has 0 saturated carbocycles. The largest absolute Gasteiger partial charge is 0.334 e. The van der Waals surface area contributed by atoms with Crippen LogP contribution in [0.4, 0.5) is 10.5 Å². The molecule has 0 aliphatic heterocycles. The number of hydrogen-bond donors (Lipinski definition) is 2. The Kier molecular flexibility index (Phi) is 5.16. The Morgan fingerprint density at radius 2 is 2.04 bits per heavy atom. The fraction of sp³-hybridized carbons (Fsp3) is 0.125. The number of benzene rings is 2. The lowest BCUT2D eigenvalue weighted by molar-refractivity contribution is 0.252. The number of carbonyl (C=O) groups excluding carboxylic acids is 1. The van der Waals surface area contributed by atoms with E-state index in [9.17, 15) is 4.79 Å². The molecular weight excluding hydrogens is 363 g/mol. The van der Waals surface area contributed by atoms with Gasteiger partial charge >= 0.3 is 6.03 Å². The van der Waals surface area contributed by atoms with Gasteiger partial charge in [0.2, 0.25) is 0 Å². The van der Waals surface area contributed by atoms with Gasteiger partial charge in [0.25, 0.3) is 0 Å². The Hall–Kier alpha value is -2.64. The molecular formula is C16H14Cl2N6O. The van der Waals surface area contributed by atoms with Crippen LogP contribution in [0.25, 0.3) is 5.69 Å². The number of aromatic nitrogens is 4. The van der Waals surface area contributed by atoms with Crippen molar-refractivity contribution >= 4 is 34.9 Å². The van der Waals surface area contributed by atoms with Crippen LogP contribution in [0.3, 0.4) is 0 Å². The molecule has 1 aromatic heterocycles. The maximum atomic E-state index is 12.1. The minimum Gasteiger partial charge on any atom is -0.334 e. The van der Waals surface area contributed by atoms with E-state index < -0.39 is 0 Å². The molecule has 0 aliphatic carbocycles. The average molecular weight is 377 g/mol. The fourth-order valence-electron chi connectivity index (χ4n) is 2.20. The second kappa shape index (κ2) is 7.50. The Labute approximate surface area is 153 Å². The molecule has 0 atom stereocenters. The van der Waals surface area contributed by atoms with Crippen LogP contribution in [-0.2, 0) is 6.54 Å². The molecule has 3 aromatic rings. The van der Waals surface area contributed by atoms with Crippen LogP contribution < -0.4 is 10.6 Å². The number of carbonyl (C=O) groups is 1. The smallest absolute Gasteiger partial charge is 0.319 e. The number of anilines is 1. The van der Waals surface area contributed by atoms with Crippen LogP contribution in [0.15, 0.2) is 42.5 Å². The first kappa shape index (κ1) is 17.2. The van der Waals surface area contributed by atoms with Gasteiger partial charge in [0.05, 0.1) is 5.69 Å². The van der Waals surface area contributed by atoms with E-state index in [0.29, 0.717) is 21.6 Å². The summed E-state index contributed by atoms with van der Waals surface area (Å²) >= 11 is 11.9. The van der Waals surface area contributed by atoms with Crippen molar-refractivity contribution in [3.05, 3.63) is 63.9 Å².